The highest BCUT2D eigenvalue weighted by atomic mass is 16.2. The first kappa shape index (κ1) is 16.2. The molecule has 0 radical (unpaired) electrons. The Kier molecular flexibility index (Phi) is 4.96. The van der Waals surface area contributed by atoms with Crippen molar-refractivity contribution >= 4 is 23.1 Å². The van der Waals surface area contributed by atoms with Crippen molar-refractivity contribution in [2.24, 2.45) is 5.10 Å². The standard InChI is InChI=1S/C17H23N3O2/c1-5-12(2)19(4)17(22)15-11-16(13(3)21)20(18-15)14-9-7-6-8-10-14/h6-10,12,16H,5,11H2,1-4H3. The molecule has 1 aliphatic rings. The number of benzene rings is 1. The lowest BCUT2D eigenvalue weighted by molar-refractivity contribution is -0.124. The first-order chi connectivity index (χ1) is 10.5. The van der Waals surface area contributed by atoms with Crippen LogP contribution in [0.5, 0.6) is 0 Å². The highest BCUT2D eigenvalue weighted by Crippen LogP contribution is 2.25. The molecule has 0 saturated heterocycles. The second-order valence-corrected chi connectivity index (χ2v) is 5.73. The summed E-state index contributed by atoms with van der Waals surface area (Å²) in [4.78, 5) is 26.2. The van der Waals surface area contributed by atoms with E-state index in [2.05, 4.69) is 5.10 Å². The molecule has 1 aromatic carbocycles. The summed E-state index contributed by atoms with van der Waals surface area (Å²) in [7, 11) is 1.78. The van der Waals surface area contributed by atoms with Gasteiger partial charge >= 0.3 is 0 Å². The van der Waals surface area contributed by atoms with Crippen LogP contribution in [0.15, 0.2) is 35.4 Å². The zero-order valence-electron chi connectivity index (χ0n) is 13.6. The summed E-state index contributed by atoms with van der Waals surface area (Å²) in [5, 5.41) is 6.10. The van der Waals surface area contributed by atoms with Gasteiger partial charge in [-0.2, -0.15) is 5.10 Å². The van der Waals surface area contributed by atoms with Crippen molar-refractivity contribution in [3.63, 3.8) is 0 Å². The Morgan fingerprint density at radius 3 is 2.55 bits per heavy atom. The average molecular weight is 301 g/mol. The number of anilines is 1. The van der Waals surface area contributed by atoms with Crippen LogP contribution in [0.2, 0.25) is 0 Å². The Morgan fingerprint density at radius 2 is 2.00 bits per heavy atom. The van der Waals surface area contributed by atoms with Crippen molar-refractivity contribution in [3.05, 3.63) is 30.3 Å². The summed E-state index contributed by atoms with van der Waals surface area (Å²) in [6.07, 6.45) is 1.25. The van der Waals surface area contributed by atoms with Gasteiger partial charge in [0.25, 0.3) is 5.91 Å². The number of carbonyl (C=O) groups is 2. The number of hydrazone groups is 1. The summed E-state index contributed by atoms with van der Waals surface area (Å²) in [6.45, 7) is 5.59. The molecule has 5 nitrogen and oxygen atoms in total. The molecule has 0 aromatic heterocycles. The molecule has 2 atom stereocenters. The third kappa shape index (κ3) is 3.18. The fourth-order valence-electron chi connectivity index (χ4n) is 2.45. The van der Waals surface area contributed by atoms with Crippen LogP contribution in [-0.2, 0) is 9.59 Å². The van der Waals surface area contributed by atoms with Crippen LogP contribution < -0.4 is 5.01 Å². The van der Waals surface area contributed by atoms with Gasteiger partial charge in [0.15, 0.2) is 5.78 Å². The molecular formula is C17H23N3O2. The van der Waals surface area contributed by atoms with E-state index in [1.54, 1.807) is 23.9 Å². The number of para-hydroxylation sites is 1. The first-order valence-corrected chi connectivity index (χ1v) is 7.65. The van der Waals surface area contributed by atoms with E-state index in [0.717, 1.165) is 12.1 Å². The van der Waals surface area contributed by atoms with Crippen LogP contribution in [0.25, 0.3) is 0 Å². The third-order valence-corrected chi connectivity index (χ3v) is 4.22. The van der Waals surface area contributed by atoms with Crippen molar-refractivity contribution in [2.45, 2.75) is 45.7 Å². The highest BCUT2D eigenvalue weighted by molar-refractivity contribution is 6.40. The molecule has 0 spiro atoms. The minimum atomic E-state index is -0.397. The lowest BCUT2D eigenvalue weighted by atomic mass is 10.1. The van der Waals surface area contributed by atoms with Crippen molar-refractivity contribution in [3.8, 4) is 0 Å². The first-order valence-electron chi connectivity index (χ1n) is 7.65. The summed E-state index contributed by atoms with van der Waals surface area (Å²) < 4.78 is 0. The Morgan fingerprint density at radius 1 is 1.36 bits per heavy atom. The maximum Gasteiger partial charge on any atom is 0.270 e. The van der Waals surface area contributed by atoms with Gasteiger partial charge in [-0.3, -0.25) is 14.6 Å². The smallest absolute Gasteiger partial charge is 0.270 e. The molecule has 2 rings (SSSR count). The lowest BCUT2D eigenvalue weighted by Crippen LogP contribution is -2.39. The van der Waals surface area contributed by atoms with Crippen LogP contribution in [0.4, 0.5) is 5.69 Å². The number of Topliss-reactive ketones (excluding diaryl/α,β-unsaturated/α-hetero) is 1. The minimum Gasteiger partial charge on any atom is -0.338 e. The molecule has 118 valence electrons. The van der Waals surface area contributed by atoms with Gasteiger partial charge in [-0.1, -0.05) is 25.1 Å². The van der Waals surface area contributed by atoms with E-state index in [0.29, 0.717) is 12.1 Å². The summed E-state index contributed by atoms with van der Waals surface area (Å²) >= 11 is 0. The molecule has 0 bridgehead atoms. The average Bonchev–Trinajstić information content (AvgIpc) is 2.99. The Labute approximate surface area is 131 Å². The third-order valence-electron chi connectivity index (χ3n) is 4.22. The Bertz CT molecular complexity index is 583. The van der Waals surface area contributed by atoms with Crippen molar-refractivity contribution < 1.29 is 9.59 Å². The van der Waals surface area contributed by atoms with E-state index < -0.39 is 6.04 Å². The van der Waals surface area contributed by atoms with E-state index in [-0.39, 0.29) is 17.7 Å². The second kappa shape index (κ2) is 6.73. The van der Waals surface area contributed by atoms with Gasteiger partial charge < -0.3 is 4.90 Å². The normalized spacial score (nSPS) is 18.8. The largest absolute Gasteiger partial charge is 0.338 e. The molecule has 0 saturated carbocycles. The van der Waals surface area contributed by atoms with E-state index in [1.165, 1.54) is 0 Å². The van der Waals surface area contributed by atoms with Crippen LogP contribution in [-0.4, -0.2) is 41.4 Å². The van der Waals surface area contributed by atoms with Gasteiger partial charge in [-0.25, -0.2) is 0 Å². The molecular weight excluding hydrogens is 278 g/mol. The summed E-state index contributed by atoms with van der Waals surface area (Å²) in [5.74, 6) is -0.0828. The van der Waals surface area contributed by atoms with Crippen molar-refractivity contribution in [2.75, 3.05) is 12.1 Å². The predicted octanol–water partition coefficient (Wildman–Crippen LogP) is 2.47. The number of hydrogen-bond donors (Lipinski definition) is 0. The van der Waals surface area contributed by atoms with Crippen LogP contribution >= 0.6 is 0 Å². The van der Waals surface area contributed by atoms with Crippen molar-refractivity contribution in [1.82, 2.24) is 4.90 Å². The van der Waals surface area contributed by atoms with Gasteiger partial charge in [0.05, 0.1) is 5.69 Å². The monoisotopic (exact) mass is 301 g/mol. The number of nitrogens with zero attached hydrogens (tertiary/aromatic N) is 3. The van der Waals surface area contributed by atoms with E-state index in [9.17, 15) is 9.59 Å². The van der Waals surface area contributed by atoms with Crippen molar-refractivity contribution in [1.29, 1.82) is 0 Å². The molecule has 0 N–H and O–H groups in total. The SMILES string of the molecule is CCC(C)N(C)C(=O)C1=NN(c2ccccc2)C(C(C)=O)C1. The van der Waals surface area contributed by atoms with Crippen LogP contribution in [0.1, 0.15) is 33.6 Å². The number of rotatable bonds is 5. The van der Waals surface area contributed by atoms with Crippen LogP contribution in [0, 0.1) is 0 Å². The Hall–Kier alpha value is -2.17. The molecule has 22 heavy (non-hydrogen) atoms. The Balaban J connectivity index is 2.27. The molecule has 0 fully saturated rings. The van der Waals surface area contributed by atoms with E-state index in [1.807, 2.05) is 44.2 Å². The van der Waals surface area contributed by atoms with Gasteiger partial charge in [0.2, 0.25) is 0 Å². The van der Waals surface area contributed by atoms with E-state index in [4.69, 9.17) is 0 Å². The fraction of sp³-hybridized carbons (Fsp3) is 0.471. The molecule has 1 aromatic rings. The maximum absolute atomic E-state index is 12.5. The number of amides is 1. The second-order valence-electron chi connectivity index (χ2n) is 5.73. The van der Waals surface area contributed by atoms with Crippen LogP contribution in [0.3, 0.4) is 0 Å². The summed E-state index contributed by atoms with van der Waals surface area (Å²) in [5.41, 5.74) is 1.28. The minimum absolute atomic E-state index is 0.0154. The van der Waals surface area contributed by atoms with Gasteiger partial charge in [0.1, 0.15) is 11.8 Å². The zero-order valence-corrected chi connectivity index (χ0v) is 13.6. The molecule has 1 aliphatic heterocycles. The van der Waals surface area contributed by atoms with Gasteiger partial charge in [0, 0.05) is 19.5 Å². The highest BCUT2D eigenvalue weighted by Gasteiger charge is 2.35. The molecule has 1 amide bonds. The predicted molar refractivity (Wildman–Crippen MR) is 88.0 cm³/mol. The number of carbonyl (C=O) groups excluding carboxylic acids is 2. The topological polar surface area (TPSA) is 53.0 Å². The lowest BCUT2D eigenvalue weighted by Gasteiger charge is -2.23. The van der Waals surface area contributed by atoms with Gasteiger partial charge in [-0.05, 0) is 32.4 Å². The molecule has 5 heteroatoms. The molecule has 0 aliphatic carbocycles. The molecule has 1 heterocycles. The molecule has 2 unspecified atom stereocenters. The van der Waals surface area contributed by atoms with E-state index >= 15 is 0 Å². The number of hydrogen-bond acceptors (Lipinski definition) is 4. The fourth-order valence-corrected chi connectivity index (χ4v) is 2.45. The maximum atomic E-state index is 12.5. The quantitative estimate of drug-likeness (QED) is 0.839. The van der Waals surface area contributed by atoms with Gasteiger partial charge in [-0.15, -0.1) is 0 Å². The summed E-state index contributed by atoms with van der Waals surface area (Å²) in [6, 6.07) is 9.24. The number of ketones is 1. The zero-order chi connectivity index (χ0) is 16.3.